The first-order valence-corrected chi connectivity index (χ1v) is 10.9. The Kier molecular flexibility index (Phi) is 5.88. The molecule has 6 nitrogen and oxygen atoms in total. The summed E-state index contributed by atoms with van der Waals surface area (Å²) in [5, 5.41) is 2.83. The summed E-state index contributed by atoms with van der Waals surface area (Å²) in [7, 11) is -3.35. The molecule has 0 radical (unpaired) electrons. The molecule has 0 saturated carbocycles. The summed E-state index contributed by atoms with van der Waals surface area (Å²) >= 11 is 0. The maximum atomic E-state index is 12.8. The molecule has 1 unspecified atom stereocenters. The molecule has 1 aliphatic heterocycles. The predicted octanol–water partition coefficient (Wildman–Crippen LogP) is 2.74. The summed E-state index contributed by atoms with van der Waals surface area (Å²) in [6, 6.07) is 10.7. The van der Waals surface area contributed by atoms with Gasteiger partial charge in [0.2, 0.25) is 10.0 Å². The van der Waals surface area contributed by atoms with Gasteiger partial charge in [-0.2, -0.15) is 0 Å². The lowest BCUT2D eigenvalue weighted by atomic mass is 10.1. The number of ether oxygens (including phenoxy) is 1. The minimum absolute atomic E-state index is 0.160. The fourth-order valence-corrected chi connectivity index (χ4v) is 4.61. The third-order valence-electron chi connectivity index (χ3n) is 4.54. The Morgan fingerprint density at radius 1 is 1.25 bits per heavy atom. The molecular formula is C20H23FN2O4S. The second-order valence-electron chi connectivity index (χ2n) is 6.87. The van der Waals surface area contributed by atoms with Crippen LogP contribution in [0.5, 0.6) is 5.75 Å². The number of halogens is 1. The Morgan fingerprint density at radius 3 is 2.64 bits per heavy atom. The fourth-order valence-electron chi connectivity index (χ4n) is 3.35. The van der Waals surface area contributed by atoms with Crippen molar-refractivity contribution in [1.29, 1.82) is 0 Å². The average Bonchev–Trinajstić information content (AvgIpc) is 2.97. The lowest BCUT2D eigenvalue weighted by Crippen LogP contribution is -2.34. The van der Waals surface area contributed by atoms with Crippen LogP contribution in [0, 0.1) is 5.82 Å². The number of hydrogen-bond donors (Lipinski definition) is 1. The number of sulfonamides is 1. The van der Waals surface area contributed by atoms with E-state index in [1.165, 1.54) is 22.7 Å². The monoisotopic (exact) mass is 406 g/mol. The lowest BCUT2D eigenvalue weighted by molar-refractivity contribution is 0.0951. The van der Waals surface area contributed by atoms with Gasteiger partial charge in [-0.05, 0) is 67.8 Å². The zero-order valence-electron chi connectivity index (χ0n) is 15.8. The van der Waals surface area contributed by atoms with Crippen molar-refractivity contribution < 1.29 is 22.3 Å². The second kappa shape index (κ2) is 8.18. The average molecular weight is 406 g/mol. The maximum Gasteiger partial charge on any atom is 0.251 e. The number of rotatable bonds is 7. The molecule has 0 spiro atoms. The second-order valence-corrected chi connectivity index (χ2v) is 8.73. The largest absolute Gasteiger partial charge is 0.494 e. The first-order valence-electron chi connectivity index (χ1n) is 9.04. The number of nitrogens with one attached hydrogen (secondary N) is 1. The normalized spacial score (nSPS) is 16.0. The van der Waals surface area contributed by atoms with Gasteiger partial charge in [-0.15, -0.1) is 0 Å². The van der Waals surface area contributed by atoms with Gasteiger partial charge < -0.3 is 10.1 Å². The number of hydrogen-bond acceptors (Lipinski definition) is 4. The molecule has 150 valence electrons. The number of fused-ring (bicyclic) bond motifs is 1. The van der Waals surface area contributed by atoms with Crippen molar-refractivity contribution in [1.82, 2.24) is 5.32 Å². The van der Waals surface area contributed by atoms with E-state index in [1.807, 2.05) is 6.92 Å². The van der Waals surface area contributed by atoms with Crippen LogP contribution in [0.3, 0.4) is 0 Å². The van der Waals surface area contributed by atoms with Crippen LogP contribution in [0.15, 0.2) is 42.5 Å². The third-order valence-corrected chi connectivity index (χ3v) is 5.81. The van der Waals surface area contributed by atoms with Crippen molar-refractivity contribution >= 4 is 21.6 Å². The fraction of sp³-hybridized carbons (Fsp3) is 0.350. The predicted molar refractivity (Wildman–Crippen MR) is 106 cm³/mol. The van der Waals surface area contributed by atoms with E-state index in [9.17, 15) is 17.6 Å². The molecule has 0 aliphatic carbocycles. The van der Waals surface area contributed by atoms with Crippen LogP contribution in [-0.2, 0) is 16.4 Å². The quantitative estimate of drug-likeness (QED) is 0.718. The zero-order chi connectivity index (χ0) is 20.3. The molecule has 3 rings (SSSR count). The molecule has 0 saturated heterocycles. The molecule has 0 bridgehead atoms. The van der Waals surface area contributed by atoms with Gasteiger partial charge in [0.25, 0.3) is 5.91 Å². The van der Waals surface area contributed by atoms with Gasteiger partial charge in [-0.1, -0.05) is 0 Å². The van der Waals surface area contributed by atoms with Gasteiger partial charge >= 0.3 is 0 Å². The van der Waals surface area contributed by atoms with Crippen molar-refractivity contribution in [3.05, 3.63) is 59.4 Å². The van der Waals surface area contributed by atoms with Crippen molar-refractivity contribution in [2.45, 2.75) is 25.8 Å². The molecule has 2 aromatic carbocycles. The lowest BCUT2D eigenvalue weighted by Gasteiger charge is -2.21. The third kappa shape index (κ3) is 4.62. The highest BCUT2D eigenvalue weighted by atomic mass is 32.2. The van der Waals surface area contributed by atoms with E-state index in [0.717, 1.165) is 5.56 Å². The van der Waals surface area contributed by atoms with E-state index in [4.69, 9.17) is 4.74 Å². The summed E-state index contributed by atoms with van der Waals surface area (Å²) in [5.41, 5.74) is 1.99. The van der Waals surface area contributed by atoms with Gasteiger partial charge in [0.05, 0.1) is 18.6 Å². The molecule has 1 heterocycles. The number of nitrogens with zero attached hydrogens (tertiary/aromatic N) is 1. The number of amides is 1. The van der Waals surface area contributed by atoms with Gasteiger partial charge in [0.1, 0.15) is 11.6 Å². The van der Waals surface area contributed by atoms with Crippen LogP contribution in [0.1, 0.15) is 29.3 Å². The summed E-state index contributed by atoms with van der Waals surface area (Å²) < 4.78 is 43.6. The number of carbonyl (C=O) groups excluding carboxylic acids is 1. The van der Waals surface area contributed by atoms with Crippen molar-refractivity contribution in [2.24, 2.45) is 0 Å². The minimum atomic E-state index is -3.35. The van der Waals surface area contributed by atoms with E-state index in [-0.39, 0.29) is 17.8 Å². The van der Waals surface area contributed by atoms with Crippen molar-refractivity contribution in [3.8, 4) is 5.75 Å². The molecule has 1 aliphatic rings. The topological polar surface area (TPSA) is 75.7 Å². The number of carbonyl (C=O) groups is 1. The Morgan fingerprint density at radius 2 is 1.96 bits per heavy atom. The van der Waals surface area contributed by atoms with E-state index in [1.54, 1.807) is 30.3 Å². The summed E-state index contributed by atoms with van der Waals surface area (Å²) in [6.07, 6.45) is 2.37. The SMILES string of the molecule is CC1Cc2cc(C(=O)NCCCOc3ccc(F)cc3)ccc2N1S(C)(=O)=O. The van der Waals surface area contributed by atoms with E-state index in [0.29, 0.717) is 43.0 Å². The minimum Gasteiger partial charge on any atom is -0.494 e. The molecule has 0 aromatic heterocycles. The van der Waals surface area contributed by atoms with Gasteiger partial charge in [-0.3, -0.25) is 9.10 Å². The first-order chi connectivity index (χ1) is 13.3. The zero-order valence-corrected chi connectivity index (χ0v) is 16.6. The standard InChI is InChI=1S/C20H23FN2O4S/c1-14-12-16-13-15(4-9-19(16)23(14)28(2,25)26)20(24)22-10-3-11-27-18-7-5-17(21)6-8-18/h4-9,13-14H,3,10-12H2,1-2H3,(H,22,24). The van der Waals surface area contributed by atoms with E-state index >= 15 is 0 Å². The van der Waals surface area contributed by atoms with Crippen LogP contribution in [0.25, 0.3) is 0 Å². The van der Waals surface area contributed by atoms with Gasteiger partial charge in [0, 0.05) is 18.2 Å². The Balaban J connectivity index is 1.52. The Labute approximate surface area is 164 Å². The highest BCUT2D eigenvalue weighted by molar-refractivity contribution is 7.92. The Hall–Kier alpha value is -2.61. The molecule has 28 heavy (non-hydrogen) atoms. The van der Waals surface area contributed by atoms with Gasteiger partial charge in [-0.25, -0.2) is 12.8 Å². The highest BCUT2D eigenvalue weighted by Crippen LogP contribution is 2.34. The number of benzene rings is 2. The van der Waals surface area contributed by atoms with Crippen LogP contribution >= 0.6 is 0 Å². The van der Waals surface area contributed by atoms with E-state index < -0.39 is 10.0 Å². The van der Waals surface area contributed by atoms with Crippen LogP contribution in [0.4, 0.5) is 10.1 Å². The maximum absolute atomic E-state index is 12.8. The van der Waals surface area contributed by atoms with Crippen molar-refractivity contribution in [2.75, 3.05) is 23.7 Å². The molecule has 2 aromatic rings. The molecule has 0 fully saturated rings. The summed E-state index contributed by atoms with van der Waals surface area (Å²) in [4.78, 5) is 12.3. The summed E-state index contributed by atoms with van der Waals surface area (Å²) in [6.45, 7) is 2.68. The number of anilines is 1. The Bertz CT molecular complexity index is 961. The van der Waals surface area contributed by atoms with Crippen LogP contribution in [0.2, 0.25) is 0 Å². The van der Waals surface area contributed by atoms with E-state index in [2.05, 4.69) is 5.32 Å². The van der Waals surface area contributed by atoms with Crippen LogP contribution < -0.4 is 14.4 Å². The highest BCUT2D eigenvalue weighted by Gasteiger charge is 2.32. The smallest absolute Gasteiger partial charge is 0.251 e. The molecule has 8 heteroatoms. The van der Waals surface area contributed by atoms with Crippen LogP contribution in [-0.4, -0.2) is 39.8 Å². The molecular weight excluding hydrogens is 383 g/mol. The van der Waals surface area contributed by atoms with Gasteiger partial charge in [0.15, 0.2) is 0 Å². The molecule has 1 N–H and O–H groups in total. The molecule has 1 atom stereocenters. The first kappa shape index (κ1) is 20.1. The molecule has 1 amide bonds. The van der Waals surface area contributed by atoms with Crippen molar-refractivity contribution in [3.63, 3.8) is 0 Å². The summed E-state index contributed by atoms with van der Waals surface area (Å²) in [5.74, 6) is 0.0500.